The van der Waals surface area contributed by atoms with Gasteiger partial charge in [-0.25, -0.2) is 0 Å². The molecule has 0 heterocycles. The van der Waals surface area contributed by atoms with E-state index in [-0.39, 0.29) is 17.0 Å². The Balaban J connectivity index is 2.43. The molecule has 0 bridgehead atoms. The largest absolute Gasteiger partial charge is 0.352 e. The highest BCUT2D eigenvalue weighted by Crippen LogP contribution is 2.25. The molecule has 0 spiro atoms. The number of amides is 1. The van der Waals surface area contributed by atoms with Crippen molar-refractivity contribution in [2.24, 2.45) is 11.1 Å². The standard InChI is InChI=1S/C15H23N3O3/c1-15(2,8-9-16)7-6-14(19)17-11-12-4-3-5-13(10-12)18(20)21/h3-5,10H,6-9,11,16H2,1-2H3,(H,17,19). The molecule has 0 saturated carbocycles. The third-order valence-electron chi connectivity index (χ3n) is 3.46. The van der Waals surface area contributed by atoms with Crippen molar-refractivity contribution in [3.05, 3.63) is 39.9 Å². The molecule has 0 radical (unpaired) electrons. The minimum atomic E-state index is -0.444. The van der Waals surface area contributed by atoms with Crippen LogP contribution in [0.5, 0.6) is 0 Å². The summed E-state index contributed by atoms with van der Waals surface area (Å²) in [6.07, 6.45) is 2.08. The Morgan fingerprint density at radius 1 is 1.38 bits per heavy atom. The number of hydrogen-bond donors (Lipinski definition) is 2. The van der Waals surface area contributed by atoms with Crippen molar-refractivity contribution < 1.29 is 9.72 Å². The average molecular weight is 293 g/mol. The van der Waals surface area contributed by atoms with Crippen molar-refractivity contribution in [2.75, 3.05) is 6.54 Å². The van der Waals surface area contributed by atoms with Gasteiger partial charge in [0.15, 0.2) is 0 Å². The smallest absolute Gasteiger partial charge is 0.269 e. The molecule has 1 rings (SSSR count). The molecule has 0 aliphatic carbocycles. The van der Waals surface area contributed by atoms with Gasteiger partial charge in [0, 0.05) is 25.1 Å². The van der Waals surface area contributed by atoms with Crippen LogP contribution in [0.25, 0.3) is 0 Å². The van der Waals surface area contributed by atoms with Crippen LogP contribution in [0, 0.1) is 15.5 Å². The predicted octanol–water partition coefficient (Wildman–Crippen LogP) is 2.37. The summed E-state index contributed by atoms with van der Waals surface area (Å²) in [4.78, 5) is 22.0. The third-order valence-corrected chi connectivity index (χ3v) is 3.46. The number of nitrogens with two attached hydrogens (primary N) is 1. The van der Waals surface area contributed by atoms with E-state index in [0.29, 0.717) is 19.5 Å². The molecule has 0 saturated heterocycles. The van der Waals surface area contributed by atoms with Crippen molar-refractivity contribution in [1.29, 1.82) is 0 Å². The predicted molar refractivity (Wildman–Crippen MR) is 81.6 cm³/mol. The number of nitrogens with one attached hydrogen (secondary N) is 1. The van der Waals surface area contributed by atoms with Crippen LogP contribution in [0.4, 0.5) is 5.69 Å². The number of non-ortho nitro benzene ring substituents is 1. The van der Waals surface area contributed by atoms with Gasteiger partial charge in [0.05, 0.1) is 4.92 Å². The normalized spacial score (nSPS) is 11.2. The van der Waals surface area contributed by atoms with E-state index in [1.807, 2.05) is 0 Å². The number of hydrogen-bond acceptors (Lipinski definition) is 4. The van der Waals surface area contributed by atoms with E-state index >= 15 is 0 Å². The van der Waals surface area contributed by atoms with E-state index in [9.17, 15) is 14.9 Å². The zero-order valence-corrected chi connectivity index (χ0v) is 12.6. The lowest BCUT2D eigenvalue weighted by atomic mass is 9.84. The summed E-state index contributed by atoms with van der Waals surface area (Å²) >= 11 is 0. The quantitative estimate of drug-likeness (QED) is 0.568. The first-order valence-corrected chi connectivity index (χ1v) is 7.04. The Labute approximate surface area is 124 Å². The Morgan fingerprint density at radius 3 is 2.71 bits per heavy atom. The third kappa shape index (κ3) is 6.35. The molecule has 0 aromatic heterocycles. The van der Waals surface area contributed by atoms with Gasteiger partial charge in [0.1, 0.15) is 0 Å². The fourth-order valence-electron chi connectivity index (χ4n) is 2.04. The van der Waals surface area contributed by atoms with Crippen molar-refractivity contribution in [1.82, 2.24) is 5.32 Å². The summed E-state index contributed by atoms with van der Waals surface area (Å²) in [6, 6.07) is 6.27. The van der Waals surface area contributed by atoms with Gasteiger partial charge < -0.3 is 11.1 Å². The first-order valence-electron chi connectivity index (χ1n) is 7.04. The Hall–Kier alpha value is -1.95. The maximum atomic E-state index is 11.8. The van der Waals surface area contributed by atoms with Crippen LogP contribution >= 0.6 is 0 Å². The summed E-state index contributed by atoms with van der Waals surface area (Å²) < 4.78 is 0. The van der Waals surface area contributed by atoms with E-state index in [0.717, 1.165) is 18.4 Å². The summed E-state index contributed by atoms with van der Waals surface area (Å²) in [7, 11) is 0. The molecule has 1 amide bonds. The number of nitro groups is 1. The lowest BCUT2D eigenvalue weighted by molar-refractivity contribution is -0.384. The van der Waals surface area contributed by atoms with Crippen LogP contribution in [0.15, 0.2) is 24.3 Å². The van der Waals surface area contributed by atoms with E-state index < -0.39 is 4.92 Å². The van der Waals surface area contributed by atoms with Crippen LogP contribution in [-0.4, -0.2) is 17.4 Å². The first-order chi connectivity index (χ1) is 9.84. The number of benzene rings is 1. The zero-order chi connectivity index (χ0) is 15.9. The summed E-state index contributed by atoms with van der Waals surface area (Å²) in [5.74, 6) is -0.0494. The lowest BCUT2D eigenvalue weighted by Gasteiger charge is -2.23. The SMILES string of the molecule is CC(C)(CCN)CCC(=O)NCc1cccc([N+](=O)[O-])c1. The number of rotatable bonds is 8. The molecule has 21 heavy (non-hydrogen) atoms. The number of carbonyl (C=O) groups excluding carboxylic acids is 1. The maximum absolute atomic E-state index is 11.8. The highest BCUT2D eigenvalue weighted by Gasteiger charge is 2.18. The number of carbonyl (C=O) groups is 1. The van der Waals surface area contributed by atoms with Crippen LogP contribution in [0.1, 0.15) is 38.7 Å². The molecule has 0 aliphatic heterocycles. The average Bonchev–Trinajstić information content (AvgIpc) is 2.43. The molecule has 1 aromatic carbocycles. The second kappa shape index (κ2) is 7.73. The molecule has 0 fully saturated rings. The Kier molecular flexibility index (Phi) is 6.30. The van der Waals surface area contributed by atoms with E-state index in [1.54, 1.807) is 12.1 Å². The molecule has 0 atom stereocenters. The fraction of sp³-hybridized carbons (Fsp3) is 0.533. The lowest BCUT2D eigenvalue weighted by Crippen LogP contribution is -2.25. The van der Waals surface area contributed by atoms with Crippen molar-refractivity contribution >= 4 is 11.6 Å². The Morgan fingerprint density at radius 2 is 2.10 bits per heavy atom. The summed E-state index contributed by atoms with van der Waals surface area (Å²) in [6.45, 7) is 5.10. The van der Waals surface area contributed by atoms with Gasteiger partial charge in [-0.3, -0.25) is 14.9 Å². The minimum Gasteiger partial charge on any atom is -0.352 e. The molecule has 3 N–H and O–H groups in total. The zero-order valence-electron chi connectivity index (χ0n) is 12.6. The summed E-state index contributed by atoms with van der Waals surface area (Å²) in [5, 5.41) is 13.5. The van der Waals surface area contributed by atoms with Crippen molar-refractivity contribution in [3.8, 4) is 0 Å². The molecule has 6 nitrogen and oxygen atoms in total. The topological polar surface area (TPSA) is 98.3 Å². The van der Waals surface area contributed by atoms with Gasteiger partial charge in [-0.15, -0.1) is 0 Å². The second-order valence-electron chi connectivity index (χ2n) is 5.91. The van der Waals surface area contributed by atoms with Crippen molar-refractivity contribution in [2.45, 2.75) is 39.7 Å². The van der Waals surface area contributed by atoms with Crippen LogP contribution in [0.3, 0.4) is 0 Å². The fourth-order valence-corrected chi connectivity index (χ4v) is 2.04. The molecular formula is C15H23N3O3. The van der Waals surface area contributed by atoms with Crippen LogP contribution in [0.2, 0.25) is 0 Å². The number of nitrogens with zero attached hydrogens (tertiary/aromatic N) is 1. The van der Waals surface area contributed by atoms with E-state index in [4.69, 9.17) is 5.73 Å². The molecule has 0 aliphatic rings. The van der Waals surface area contributed by atoms with Crippen molar-refractivity contribution in [3.63, 3.8) is 0 Å². The minimum absolute atomic E-state index is 0.0332. The van der Waals surface area contributed by atoms with Gasteiger partial charge in [0.25, 0.3) is 5.69 Å². The van der Waals surface area contributed by atoms with E-state index in [2.05, 4.69) is 19.2 Å². The highest BCUT2D eigenvalue weighted by molar-refractivity contribution is 5.75. The Bertz CT molecular complexity index is 501. The van der Waals surface area contributed by atoms with Crippen LogP contribution in [-0.2, 0) is 11.3 Å². The van der Waals surface area contributed by atoms with Gasteiger partial charge in [-0.1, -0.05) is 26.0 Å². The molecule has 0 unspecified atom stereocenters. The van der Waals surface area contributed by atoms with Crippen LogP contribution < -0.4 is 11.1 Å². The molecule has 1 aromatic rings. The molecular weight excluding hydrogens is 270 g/mol. The van der Waals surface area contributed by atoms with Gasteiger partial charge in [-0.05, 0) is 30.4 Å². The monoisotopic (exact) mass is 293 g/mol. The molecule has 6 heteroatoms. The molecule has 116 valence electrons. The van der Waals surface area contributed by atoms with Gasteiger partial charge in [0.2, 0.25) is 5.91 Å². The second-order valence-corrected chi connectivity index (χ2v) is 5.91. The summed E-state index contributed by atoms with van der Waals surface area (Å²) in [5.41, 5.74) is 6.35. The first kappa shape index (κ1) is 17.1. The van der Waals surface area contributed by atoms with Gasteiger partial charge in [-0.2, -0.15) is 0 Å². The maximum Gasteiger partial charge on any atom is 0.269 e. The van der Waals surface area contributed by atoms with Gasteiger partial charge >= 0.3 is 0 Å². The van der Waals surface area contributed by atoms with E-state index in [1.165, 1.54) is 12.1 Å². The highest BCUT2D eigenvalue weighted by atomic mass is 16.6. The number of nitro benzene ring substituents is 1.